The highest BCUT2D eigenvalue weighted by atomic mass is 16.5. The van der Waals surface area contributed by atoms with Crippen molar-refractivity contribution in [3.8, 4) is 12.3 Å². The molecule has 1 aliphatic rings. The predicted octanol–water partition coefficient (Wildman–Crippen LogP) is 1.57. The summed E-state index contributed by atoms with van der Waals surface area (Å²) >= 11 is 0. The largest absolute Gasteiger partial charge is 0.374 e. The van der Waals surface area contributed by atoms with E-state index in [1.54, 1.807) is 0 Å². The summed E-state index contributed by atoms with van der Waals surface area (Å²) in [5, 5.41) is 2.87. The number of carbonyl (C=O) groups is 1. The summed E-state index contributed by atoms with van der Waals surface area (Å²) in [4.78, 5) is 12.1. The number of terminal acetylenes is 1. The maximum Gasteiger partial charge on any atom is 0.227 e. The summed E-state index contributed by atoms with van der Waals surface area (Å²) in [5.74, 6) is 2.67. The molecular weight excluding hydrogens is 202 g/mol. The molecule has 0 saturated carbocycles. The molecule has 0 radical (unpaired) electrons. The Balaban J connectivity index is 2.72. The first-order valence-electron chi connectivity index (χ1n) is 5.73. The summed E-state index contributed by atoms with van der Waals surface area (Å²) in [5.41, 5.74) is -0.595. The van der Waals surface area contributed by atoms with Gasteiger partial charge in [0.1, 0.15) is 0 Å². The molecule has 4 atom stereocenters. The van der Waals surface area contributed by atoms with Crippen LogP contribution in [-0.2, 0) is 9.53 Å². The second-order valence-corrected chi connectivity index (χ2v) is 5.19. The smallest absolute Gasteiger partial charge is 0.227 e. The highest BCUT2D eigenvalue weighted by Crippen LogP contribution is 2.32. The van der Waals surface area contributed by atoms with Crippen molar-refractivity contribution in [1.82, 2.24) is 5.32 Å². The van der Waals surface area contributed by atoms with Crippen LogP contribution >= 0.6 is 0 Å². The fourth-order valence-electron chi connectivity index (χ4n) is 2.15. The molecule has 1 rings (SSSR count). The average Bonchev–Trinajstić information content (AvgIpc) is 2.40. The second kappa shape index (κ2) is 4.47. The lowest BCUT2D eigenvalue weighted by Gasteiger charge is -2.25. The Morgan fingerprint density at radius 3 is 2.25 bits per heavy atom. The van der Waals surface area contributed by atoms with Gasteiger partial charge < -0.3 is 10.1 Å². The summed E-state index contributed by atoms with van der Waals surface area (Å²) < 4.78 is 5.64. The van der Waals surface area contributed by atoms with Crippen molar-refractivity contribution in [3.05, 3.63) is 0 Å². The Kier molecular flexibility index (Phi) is 3.64. The summed E-state index contributed by atoms with van der Waals surface area (Å²) in [7, 11) is 0. The number of rotatable bonds is 2. The molecule has 1 aliphatic heterocycles. The molecule has 0 aromatic rings. The van der Waals surface area contributed by atoms with Crippen molar-refractivity contribution in [2.45, 2.75) is 52.4 Å². The fourth-order valence-corrected chi connectivity index (χ4v) is 2.15. The molecule has 0 bridgehead atoms. The zero-order valence-corrected chi connectivity index (χ0v) is 10.7. The summed E-state index contributed by atoms with van der Waals surface area (Å²) in [6.45, 7) is 9.62. The third-order valence-electron chi connectivity index (χ3n) is 3.34. The van der Waals surface area contributed by atoms with Crippen LogP contribution in [0.4, 0.5) is 0 Å². The maximum absolute atomic E-state index is 12.1. The monoisotopic (exact) mass is 223 g/mol. The molecule has 1 fully saturated rings. The van der Waals surface area contributed by atoms with Gasteiger partial charge in [0.25, 0.3) is 0 Å². The van der Waals surface area contributed by atoms with E-state index in [4.69, 9.17) is 11.2 Å². The van der Waals surface area contributed by atoms with Gasteiger partial charge in [-0.3, -0.25) is 4.79 Å². The van der Waals surface area contributed by atoms with E-state index in [2.05, 4.69) is 11.2 Å². The van der Waals surface area contributed by atoms with Gasteiger partial charge in [-0.25, -0.2) is 0 Å². The van der Waals surface area contributed by atoms with Gasteiger partial charge in [0, 0.05) is 0 Å². The van der Waals surface area contributed by atoms with E-state index in [-0.39, 0.29) is 30.0 Å². The van der Waals surface area contributed by atoms with Crippen molar-refractivity contribution < 1.29 is 9.53 Å². The maximum atomic E-state index is 12.1. The van der Waals surface area contributed by atoms with Gasteiger partial charge in [-0.1, -0.05) is 12.8 Å². The third-order valence-corrected chi connectivity index (χ3v) is 3.34. The molecule has 16 heavy (non-hydrogen) atoms. The van der Waals surface area contributed by atoms with Crippen LogP contribution in [0.5, 0.6) is 0 Å². The summed E-state index contributed by atoms with van der Waals surface area (Å²) in [6.07, 6.45) is 5.44. The topological polar surface area (TPSA) is 38.3 Å². The second-order valence-electron chi connectivity index (χ2n) is 5.19. The van der Waals surface area contributed by atoms with Gasteiger partial charge in [-0.15, -0.1) is 6.42 Å². The van der Waals surface area contributed by atoms with Gasteiger partial charge in [0.2, 0.25) is 5.91 Å². The van der Waals surface area contributed by atoms with Gasteiger partial charge in [-0.05, 0) is 33.6 Å². The standard InChI is InChI=1S/C13H21NO2/c1-7-13(5,6)14-12(15)11-8(2)9(3)16-10(11)4/h1,8-11H,2-6H3,(H,14,15). The first-order valence-corrected chi connectivity index (χ1v) is 5.73. The molecule has 0 aliphatic carbocycles. The summed E-state index contributed by atoms with van der Waals surface area (Å²) in [6, 6.07) is 0. The molecule has 0 aromatic carbocycles. The Labute approximate surface area is 97.9 Å². The third kappa shape index (κ3) is 2.56. The van der Waals surface area contributed by atoms with Crippen LogP contribution in [-0.4, -0.2) is 23.7 Å². The van der Waals surface area contributed by atoms with Crippen LogP contribution < -0.4 is 5.32 Å². The van der Waals surface area contributed by atoms with E-state index in [1.165, 1.54) is 0 Å². The molecule has 0 aromatic heterocycles. The van der Waals surface area contributed by atoms with Crippen molar-refractivity contribution in [3.63, 3.8) is 0 Å². The Morgan fingerprint density at radius 1 is 1.31 bits per heavy atom. The van der Waals surface area contributed by atoms with Crippen molar-refractivity contribution in [2.75, 3.05) is 0 Å². The molecule has 90 valence electrons. The zero-order chi connectivity index (χ0) is 12.5. The number of hydrogen-bond acceptors (Lipinski definition) is 2. The van der Waals surface area contributed by atoms with Gasteiger partial charge in [0.15, 0.2) is 0 Å². The first kappa shape index (κ1) is 13.1. The zero-order valence-electron chi connectivity index (χ0n) is 10.7. The molecular formula is C13H21NO2. The average molecular weight is 223 g/mol. The number of ether oxygens (including phenoxy) is 1. The lowest BCUT2D eigenvalue weighted by molar-refractivity contribution is -0.128. The van der Waals surface area contributed by atoms with E-state index >= 15 is 0 Å². The Morgan fingerprint density at radius 2 is 1.88 bits per heavy atom. The van der Waals surface area contributed by atoms with Crippen LogP contribution in [0.1, 0.15) is 34.6 Å². The normalized spacial score (nSPS) is 34.5. The molecule has 1 heterocycles. The molecule has 1 N–H and O–H groups in total. The van der Waals surface area contributed by atoms with E-state index in [0.717, 1.165) is 0 Å². The lowest BCUT2D eigenvalue weighted by atomic mass is 9.88. The molecule has 3 nitrogen and oxygen atoms in total. The minimum absolute atomic E-state index is 0.00713. The van der Waals surface area contributed by atoms with Crippen LogP contribution in [0.2, 0.25) is 0 Å². The number of hydrogen-bond donors (Lipinski definition) is 1. The van der Waals surface area contributed by atoms with E-state index in [0.29, 0.717) is 0 Å². The molecule has 1 amide bonds. The highest BCUT2D eigenvalue weighted by molar-refractivity contribution is 5.81. The minimum Gasteiger partial charge on any atom is -0.374 e. The molecule has 3 heteroatoms. The van der Waals surface area contributed by atoms with Gasteiger partial charge in [0.05, 0.1) is 23.7 Å². The quantitative estimate of drug-likeness (QED) is 0.722. The molecule has 0 spiro atoms. The fraction of sp³-hybridized carbons (Fsp3) is 0.769. The van der Waals surface area contributed by atoms with Crippen molar-refractivity contribution >= 4 is 5.91 Å². The lowest BCUT2D eigenvalue weighted by Crippen LogP contribution is -2.47. The number of nitrogens with one attached hydrogen (secondary N) is 1. The minimum atomic E-state index is -0.595. The van der Waals surface area contributed by atoms with Crippen LogP contribution in [0.15, 0.2) is 0 Å². The molecule has 1 saturated heterocycles. The van der Waals surface area contributed by atoms with Crippen LogP contribution in [0.25, 0.3) is 0 Å². The van der Waals surface area contributed by atoms with Crippen molar-refractivity contribution in [2.24, 2.45) is 11.8 Å². The SMILES string of the molecule is C#CC(C)(C)NC(=O)C1C(C)OC(C)C1C. The van der Waals surface area contributed by atoms with Crippen molar-refractivity contribution in [1.29, 1.82) is 0 Å². The van der Waals surface area contributed by atoms with Crippen LogP contribution in [0.3, 0.4) is 0 Å². The number of carbonyl (C=O) groups excluding carboxylic acids is 1. The number of amides is 1. The van der Waals surface area contributed by atoms with E-state index in [9.17, 15) is 4.79 Å². The highest BCUT2D eigenvalue weighted by Gasteiger charge is 2.42. The van der Waals surface area contributed by atoms with Gasteiger partial charge in [-0.2, -0.15) is 0 Å². The molecule has 4 unspecified atom stereocenters. The van der Waals surface area contributed by atoms with E-state index < -0.39 is 5.54 Å². The Hall–Kier alpha value is -1.01. The van der Waals surface area contributed by atoms with Crippen LogP contribution in [0, 0.1) is 24.2 Å². The van der Waals surface area contributed by atoms with Gasteiger partial charge >= 0.3 is 0 Å². The predicted molar refractivity (Wildman–Crippen MR) is 63.7 cm³/mol. The van der Waals surface area contributed by atoms with E-state index in [1.807, 2.05) is 34.6 Å². The Bertz CT molecular complexity index is 316. The first-order chi connectivity index (χ1) is 7.28.